The summed E-state index contributed by atoms with van der Waals surface area (Å²) in [4.78, 5) is 15.3. The zero-order valence-electron chi connectivity index (χ0n) is 15.6. The number of rotatable bonds is 7. The van der Waals surface area contributed by atoms with E-state index < -0.39 is 4.92 Å². The van der Waals surface area contributed by atoms with Crippen LogP contribution in [0.1, 0.15) is 5.01 Å². The predicted molar refractivity (Wildman–Crippen MR) is 111 cm³/mol. The molecule has 0 fully saturated rings. The van der Waals surface area contributed by atoms with Crippen LogP contribution in [0.3, 0.4) is 0 Å². The minimum absolute atomic E-state index is 0.157. The molecule has 0 radical (unpaired) electrons. The van der Waals surface area contributed by atoms with Crippen molar-refractivity contribution in [2.75, 3.05) is 19.5 Å². The van der Waals surface area contributed by atoms with Crippen LogP contribution in [0.2, 0.25) is 0 Å². The SMILES string of the molecule is COc1ccc(-c2csc(C(C#N)=CNc3ccc(OC)cc3[N+](=O)[O-])n2)cc1. The molecule has 3 aromatic rings. The Morgan fingerprint density at radius 2 is 1.90 bits per heavy atom. The molecule has 1 aromatic heterocycles. The molecule has 0 unspecified atom stereocenters. The lowest BCUT2D eigenvalue weighted by Gasteiger charge is -2.05. The van der Waals surface area contributed by atoms with Gasteiger partial charge >= 0.3 is 0 Å². The third kappa shape index (κ3) is 4.51. The number of anilines is 1. The molecule has 0 atom stereocenters. The van der Waals surface area contributed by atoms with Crippen molar-refractivity contribution in [2.24, 2.45) is 0 Å². The Kier molecular flexibility index (Phi) is 6.06. The summed E-state index contributed by atoms with van der Waals surface area (Å²) in [5.41, 5.74) is 1.97. The van der Waals surface area contributed by atoms with Gasteiger partial charge in [-0.1, -0.05) is 0 Å². The highest BCUT2D eigenvalue weighted by Gasteiger charge is 2.15. The van der Waals surface area contributed by atoms with Crippen LogP contribution in [0.5, 0.6) is 11.5 Å². The Bertz CT molecular complexity index is 1100. The Labute approximate surface area is 170 Å². The van der Waals surface area contributed by atoms with Crippen LogP contribution in [0.25, 0.3) is 16.8 Å². The van der Waals surface area contributed by atoms with E-state index in [1.807, 2.05) is 29.6 Å². The summed E-state index contributed by atoms with van der Waals surface area (Å²) in [6.07, 6.45) is 1.41. The fourth-order valence-corrected chi connectivity index (χ4v) is 3.29. The number of aromatic nitrogens is 1. The number of allylic oxidation sites excluding steroid dienone is 1. The summed E-state index contributed by atoms with van der Waals surface area (Å²) in [6.45, 7) is 0. The number of nitrogens with one attached hydrogen (secondary N) is 1. The van der Waals surface area contributed by atoms with E-state index in [4.69, 9.17) is 9.47 Å². The zero-order chi connectivity index (χ0) is 20.8. The number of ether oxygens (including phenoxy) is 2. The van der Waals surface area contributed by atoms with E-state index in [2.05, 4.69) is 16.4 Å². The van der Waals surface area contributed by atoms with Crippen LogP contribution in [0, 0.1) is 21.4 Å². The van der Waals surface area contributed by atoms with Crippen molar-refractivity contribution in [3.05, 3.63) is 69.2 Å². The number of nitro benzene ring substituents is 1. The first-order chi connectivity index (χ1) is 14.0. The van der Waals surface area contributed by atoms with Crippen molar-refractivity contribution in [1.29, 1.82) is 5.26 Å². The van der Waals surface area contributed by atoms with Crippen molar-refractivity contribution < 1.29 is 14.4 Å². The van der Waals surface area contributed by atoms with Crippen molar-refractivity contribution in [2.45, 2.75) is 0 Å². The Balaban J connectivity index is 1.85. The number of methoxy groups -OCH3 is 2. The highest BCUT2D eigenvalue weighted by Crippen LogP contribution is 2.31. The van der Waals surface area contributed by atoms with E-state index in [1.54, 1.807) is 13.2 Å². The lowest BCUT2D eigenvalue weighted by atomic mass is 10.2. The Hall–Kier alpha value is -3.90. The van der Waals surface area contributed by atoms with Gasteiger partial charge in [0, 0.05) is 17.1 Å². The molecule has 0 spiro atoms. The molecule has 0 aliphatic heterocycles. The van der Waals surface area contributed by atoms with E-state index in [0.29, 0.717) is 10.8 Å². The molecule has 0 saturated heterocycles. The molecule has 1 heterocycles. The quantitative estimate of drug-likeness (QED) is 0.342. The second kappa shape index (κ2) is 8.86. The number of hydrogen-bond donors (Lipinski definition) is 1. The summed E-state index contributed by atoms with van der Waals surface area (Å²) in [6, 6.07) is 13.9. The first kappa shape index (κ1) is 19.9. The van der Waals surface area contributed by atoms with Gasteiger partial charge in [0.2, 0.25) is 0 Å². The average molecular weight is 408 g/mol. The normalized spacial score (nSPS) is 10.9. The average Bonchev–Trinajstić information content (AvgIpc) is 3.24. The van der Waals surface area contributed by atoms with Gasteiger partial charge in [-0.2, -0.15) is 5.26 Å². The van der Waals surface area contributed by atoms with Crippen LogP contribution in [0.15, 0.2) is 54.0 Å². The second-order valence-corrected chi connectivity index (χ2v) is 6.58. The van der Waals surface area contributed by atoms with Crippen molar-refractivity contribution in [1.82, 2.24) is 4.98 Å². The van der Waals surface area contributed by atoms with Gasteiger partial charge in [-0.25, -0.2) is 4.98 Å². The molecule has 9 heteroatoms. The second-order valence-electron chi connectivity index (χ2n) is 5.72. The first-order valence-electron chi connectivity index (χ1n) is 8.35. The number of benzene rings is 2. The summed E-state index contributed by atoms with van der Waals surface area (Å²) in [5.74, 6) is 1.11. The number of nitrogens with zero attached hydrogens (tertiary/aromatic N) is 3. The molecular weight excluding hydrogens is 392 g/mol. The zero-order valence-corrected chi connectivity index (χ0v) is 16.4. The number of thiazole rings is 1. The molecule has 0 aliphatic carbocycles. The monoisotopic (exact) mass is 408 g/mol. The largest absolute Gasteiger partial charge is 0.497 e. The van der Waals surface area contributed by atoms with Crippen LogP contribution in [-0.4, -0.2) is 24.1 Å². The molecule has 29 heavy (non-hydrogen) atoms. The van der Waals surface area contributed by atoms with E-state index in [0.717, 1.165) is 17.0 Å². The predicted octanol–water partition coefficient (Wildman–Crippen LogP) is 4.71. The third-order valence-electron chi connectivity index (χ3n) is 4.01. The number of hydrogen-bond acceptors (Lipinski definition) is 8. The molecular formula is C20H16N4O4S. The molecule has 2 aromatic carbocycles. The molecule has 0 aliphatic rings. The maximum absolute atomic E-state index is 11.3. The third-order valence-corrected chi connectivity index (χ3v) is 4.89. The van der Waals surface area contributed by atoms with Gasteiger partial charge in [-0.05, 0) is 36.4 Å². The van der Waals surface area contributed by atoms with Gasteiger partial charge in [0.15, 0.2) is 0 Å². The van der Waals surface area contributed by atoms with Crippen LogP contribution < -0.4 is 14.8 Å². The molecule has 0 bridgehead atoms. The van der Waals surface area contributed by atoms with Crippen LogP contribution in [0.4, 0.5) is 11.4 Å². The lowest BCUT2D eigenvalue weighted by Crippen LogP contribution is -1.98. The van der Waals surface area contributed by atoms with Gasteiger partial charge in [-0.3, -0.25) is 10.1 Å². The summed E-state index contributed by atoms with van der Waals surface area (Å²) in [5, 5.41) is 26.0. The molecule has 0 amide bonds. The lowest BCUT2D eigenvalue weighted by molar-refractivity contribution is -0.384. The molecule has 8 nitrogen and oxygen atoms in total. The van der Waals surface area contributed by atoms with Gasteiger partial charge < -0.3 is 14.8 Å². The standard InChI is InChI=1S/C20H16N4O4S/c1-27-15-5-3-13(4-6-15)18-12-29-20(23-18)14(10-21)11-22-17-8-7-16(28-2)9-19(17)24(25)26/h3-9,11-12,22H,1-2H3. The fourth-order valence-electron chi connectivity index (χ4n) is 2.50. The number of nitriles is 1. The number of nitro groups is 1. The summed E-state index contributed by atoms with van der Waals surface area (Å²) >= 11 is 1.31. The maximum Gasteiger partial charge on any atom is 0.296 e. The minimum atomic E-state index is -0.518. The van der Waals surface area contributed by atoms with Gasteiger partial charge in [0.25, 0.3) is 5.69 Å². The van der Waals surface area contributed by atoms with Crippen LogP contribution in [-0.2, 0) is 0 Å². The van der Waals surface area contributed by atoms with Gasteiger partial charge in [0.05, 0.1) is 30.9 Å². The summed E-state index contributed by atoms with van der Waals surface area (Å²) in [7, 11) is 3.03. The molecule has 146 valence electrons. The topological polar surface area (TPSA) is 110 Å². The molecule has 3 rings (SSSR count). The van der Waals surface area contributed by atoms with Gasteiger partial charge in [0.1, 0.15) is 33.8 Å². The van der Waals surface area contributed by atoms with Crippen molar-refractivity contribution in [3.63, 3.8) is 0 Å². The summed E-state index contributed by atoms with van der Waals surface area (Å²) < 4.78 is 10.2. The van der Waals surface area contributed by atoms with Crippen molar-refractivity contribution in [3.8, 4) is 28.8 Å². The highest BCUT2D eigenvalue weighted by molar-refractivity contribution is 7.11. The Morgan fingerprint density at radius 1 is 1.21 bits per heavy atom. The highest BCUT2D eigenvalue weighted by atomic mass is 32.1. The fraction of sp³-hybridized carbons (Fsp3) is 0.100. The Morgan fingerprint density at radius 3 is 2.52 bits per heavy atom. The van der Waals surface area contributed by atoms with Crippen molar-refractivity contribution >= 4 is 28.3 Å². The van der Waals surface area contributed by atoms with E-state index in [-0.39, 0.29) is 16.9 Å². The first-order valence-corrected chi connectivity index (χ1v) is 9.23. The van der Waals surface area contributed by atoms with E-state index >= 15 is 0 Å². The van der Waals surface area contributed by atoms with E-state index in [1.165, 1.54) is 36.8 Å². The van der Waals surface area contributed by atoms with E-state index in [9.17, 15) is 15.4 Å². The van der Waals surface area contributed by atoms with Crippen LogP contribution >= 0.6 is 11.3 Å². The molecule has 0 saturated carbocycles. The minimum Gasteiger partial charge on any atom is -0.497 e. The molecule has 1 N–H and O–H groups in total. The maximum atomic E-state index is 11.3. The van der Waals surface area contributed by atoms with Gasteiger partial charge in [-0.15, -0.1) is 11.3 Å². The smallest absolute Gasteiger partial charge is 0.296 e.